The van der Waals surface area contributed by atoms with Crippen LogP contribution in [-0.2, 0) is 6.42 Å². The minimum absolute atomic E-state index is 0.552. The Hall–Kier alpha value is -1.46. The number of aromatic nitrogens is 2. The molecule has 2 rings (SSSR count). The summed E-state index contributed by atoms with van der Waals surface area (Å²) >= 11 is 1.67. The number of ether oxygens (including phenoxy) is 1. The highest BCUT2D eigenvalue weighted by Crippen LogP contribution is 2.28. The van der Waals surface area contributed by atoms with Crippen LogP contribution in [0.3, 0.4) is 0 Å². The van der Waals surface area contributed by atoms with Gasteiger partial charge in [-0.05, 0) is 45.2 Å². The maximum atomic E-state index is 9.68. The standard InChI is InChI=1S/C17H24N2O2S/c1-17(2,20)10-6-4-5-9-15-19-13(12-22-15)16-14(21-3)8-7-11-18-16/h7-8,11-12,20H,4-6,9-10H2,1-3H3. The van der Waals surface area contributed by atoms with E-state index >= 15 is 0 Å². The van der Waals surface area contributed by atoms with Gasteiger partial charge >= 0.3 is 0 Å². The summed E-state index contributed by atoms with van der Waals surface area (Å²) in [5, 5.41) is 12.9. The van der Waals surface area contributed by atoms with E-state index in [1.807, 2.05) is 31.4 Å². The first-order valence-corrected chi connectivity index (χ1v) is 8.54. The molecule has 2 aromatic heterocycles. The van der Waals surface area contributed by atoms with Crippen molar-refractivity contribution >= 4 is 11.3 Å². The van der Waals surface area contributed by atoms with Crippen LogP contribution in [0.1, 0.15) is 44.5 Å². The topological polar surface area (TPSA) is 55.2 Å². The van der Waals surface area contributed by atoms with Gasteiger partial charge in [0.15, 0.2) is 0 Å². The van der Waals surface area contributed by atoms with Crippen LogP contribution in [0, 0.1) is 0 Å². The predicted octanol–water partition coefficient (Wildman–Crippen LogP) is 4.09. The molecule has 0 aliphatic rings. The molecule has 5 heteroatoms. The predicted molar refractivity (Wildman–Crippen MR) is 90.4 cm³/mol. The number of methoxy groups -OCH3 is 1. The molecule has 0 spiro atoms. The lowest BCUT2D eigenvalue weighted by Crippen LogP contribution is -2.17. The van der Waals surface area contributed by atoms with Crippen molar-refractivity contribution in [2.75, 3.05) is 7.11 Å². The number of unbranched alkanes of at least 4 members (excludes halogenated alkanes) is 2. The normalized spacial score (nSPS) is 11.6. The SMILES string of the molecule is COc1cccnc1-c1csc(CCCCCC(C)(C)O)n1. The quantitative estimate of drug-likeness (QED) is 0.744. The van der Waals surface area contributed by atoms with E-state index in [2.05, 4.69) is 9.97 Å². The maximum Gasteiger partial charge on any atom is 0.146 e. The summed E-state index contributed by atoms with van der Waals surface area (Å²) in [6.45, 7) is 3.72. The fourth-order valence-electron chi connectivity index (χ4n) is 2.29. The Bertz CT molecular complexity index is 590. The number of pyridine rings is 1. The zero-order valence-electron chi connectivity index (χ0n) is 13.5. The van der Waals surface area contributed by atoms with Gasteiger partial charge in [-0.15, -0.1) is 11.3 Å². The second kappa shape index (κ2) is 7.70. The molecule has 2 heterocycles. The third-order valence-corrected chi connectivity index (χ3v) is 4.37. The lowest BCUT2D eigenvalue weighted by Gasteiger charge is -2.16. The summed E-state index contributed by atoms with van der Waals surface area (Å²) in [5.74, 6) is 0.754. The van der Waals surface area contributed by atoms with Gasteiger partial charge in [0, 0.05) is 11.6 Å². The van der Waals surface area contributed by atoms with Crippen molar-refractivity contribution in [2.24, 2.45) is 0 Å². The number of hydrogen-bond donors (Lipinski definition) is 1. The lowest BCUT2D eigenvalue weighted by atomic mass is 10.0. The molecule has 0 atom stereocenters. The monoisotopic (exact) mass is 320 g/mol. The molecule has 0 fully saturated rings. The van der Waals surface area contributed by atoms with E-state index in [-0.39, 0.29) is 0 Å². The van der Waals surface area contributed by atoms with Crippen LogP contribution in [0.5, 0.6) is 5.75 Å². The molecular weight excluding hydrogens is 296 g/mol. The third-order valence-electron chi connectivity index (χ3n) is 3.46. The molecule has 0 aromatic carbocycles. The molecule has 120 valence electrons. The van der Waals surface area contributed by atoms with Crippen molar-refractivity contribution in [3.05, 3.63) is 28.7 Å². The minimum atomic E-state index is -0.552. The first kappa shape index (κ1) is 16.9. The van der Waals surface area contributed by atoms with Gasteiger partial charge in [-0.2, -0.15) is 0 Å². The van der Waals surface area contributed by atoms with Crippen molar-refractivity contribution in [3.8, 4) is 17.1 Å². The van der Waals surface area contributed by atoms with Gasteiger partial charge in [0.25, 0.3) is 0 Å². The summed E-state index contributed by atoms with van der Waals surface area (Å²) in [4.78, 5) is 9.02. The lowest BCUT2D eigenvalue weighted by molar-refractivity contribution is 0.0681. The van der Waals surface area contributed by atoms with Crippen molar-refractivity contribution in [1.29, 1.82) is 0 Å². The van der Waals surface area contributed by atoms with Crippen molar-refractivity contribution in [3.63, 3.8) is 0 Å². The van der Waals surface area contributed by atoms with Crippen LogP contribution in [0.15, 0.2) is 23.7 Å². The van der Waals surface area contributed by atoms with Gasteiger partial charge in [-0.25, -0.2) is 4.98 Å². The summed E-state index contributed by atoms with van der Waals surface area (Å²) in [5.41, 5.74) is 1.13. The van der Waals surface area contributed by atoms with E-state index in [1.165, 1.54) is 0 Å². The van der Waals surface area contributed by atoms with Crippen molar-refractivity contribution in [1.82, 2.24) is 9.97 Å². The number of thiazole rings is 1. The summed E-state index contributed by atoms with van der Waals surface area (Å²) < 4.78 is 5.33. The smallest absolute Gasteiger partial charge is 0.146 e. The van der Waals surface area contributed by atoms with Gasteiger partial charge in [0.05, 0.1) is 17.7 Å². The van der Waals surface area contributed by atoms with E-state index in [9.17, 15) is 5.11 Å². The largest absolute Gasteiger partial charge is 0.494 e. The second-order valence-electron chi connectivity index (χ2n) is 6.05. The summed E-state index contributed by atoms with van der Waals surface area (Å²) in [6.07, 6.45) is 6.85. The Morgan fingerprint density at radius 1 is 1.27 bits per heavy atom. The van der Waals surface area contributed by atoms with Crippen molar-refractivity contribution in [2.45, 2.75) is 51.6 Å². The Kier molecular flexibility index (Phi) is 5.91. The third kappa shape index (κ3) is 5.07. The first-order valence-electron chi connectivity index (χ1n) is 7.66. The first-order chi connectivity index (χ1) is 10.5. The van der Waals surface area contributed by atoms with E-state index < -0.39 is 5.60 Å². The summed E-state index contributed by atoms with van der Waals surface area (Å²) in [6, 6.07) is 3.76. The number of aliphatic hydroxyl groups is 1. The zero-order chi connectivity index (χ0) is 16.0. The van der Waals surface area contributed by atoms with Crippen LogP contribution in [0.2, 0.25) is 0 Å². The number of aryl methyl sites for hydroxylation is 1. The van der Waals surface area contributed by atoms with E-state index in [1.54, 1.807) is 24.6 Å². The molecular formula is C17H24N2O2S. The van der Waals surface area contributed by atoms with Crippen LogP contribution >= 0.6 is 11.3 Å². The van der Waals surface area contributed by atoms with Crippen LogP contribution in [0.4, 0.5) is 0 Å². The fraction of sp³-hybridized carbons (Fsp3) is 0.529. The molecule has 0 amide bonds. The molecule has 1 N–H and O–H groups in total. The Morgan fingerprint density at radius 2 is 2.09 bits per heavy atom. The number of nitrogens with zero attached hydrogens (tertiary/aromatic N) is 2. The molecule has 0 saturated heterocycles. The van der Waals surface area contributed by atoms with Gasteiger partial charge < -0.3 is 9.84 Å². The number of hydrogen-bond acceptors (Lipinski definition) is 5. The highest BCUT2D eigenvalue weighted by Gasteiger charge is 2.12. The molecule has 0 radical (unpaired) electrons. The fourth-order valence-corrected chi connectivity index (χ4v) is 3.12. The van der Waals surface area contributed by atoms with E-state index in [0.29, 0.717) is 0 Å². The maximum absolute atomic E-state index is 9.68. The van der Waals surface area contributed by atoms with Gasteiger partial charge in [-0.1, -0.05) is 12.8 Å². The molecule has 4 nitrogen and oxygen atoms in total. The summed E-state index contributed by atoms with van der Waals surface area (Å²) in [7, 11) is 1.65. The van der Waals surface area contributed by atoms with E-state index in [0.717, 1.165) is 54.2 Å². The highest BCUT2D eigenvalue weighted by atomic mass is 32.1. The van der Waals surface area contributed by atoms with Crippen LogP contribution in [-0.4, -0.2) is 27.8 Å². The Labute approximate surface area is 136 Å². The van der Waals surface area contributed by atoms with Crippen LogP contribution < -0.4 is 4.74 Å². The number of rotatable bonds is 8. The second-order valence-corrected chi connectivity index (χ2v) is 7.00. The molecule has 2 aromatic rings. The highest BCUT2D eigenvalue weighted by molar-refractivity contribution is 7.09. The van der Waals surface area contributed by atoms with Crippen molar-refractivity contribution < 1.29 is 9.84 Å². The minimum Gasteiger partial charge on any atom is -0.494 e. The van der Waals surface area contributed by atoms with Gasteiger partial charge in [-0.3, -0.25) is 4.98 Å². The molecule has 0 unspecified atom stereocenters. The van der Waals surface area contributed by atoms with E-state index in [4.69, 9.17) is 4.74 Å². The molecule has 22 heavy (non-hydrogen) atoms. The van der Waals surface area contributed by atoms with Gasteiger partial charge in [0.2, 0.25) is 0 Å². The molecule has 0 aliphatic carbocycles. The molecule has 0 aliphatic heterocycles. The Morgan fingerprint density at radius 3 is 2.82 bits per heavy atom. The van der Waals surface area contributed by atoms with Gasteiger partial charge in [0.1, 0.15) is 17.1 Å². The zero-order valence-corrected chi connectivity index (χ0v) is 14.3. The molecule has 0 saturated carbocycles. The average molecular weight is 320 g/mol. The Balaban J connectivity index is 1.87. The molecule has 0 bridgehead atoms. The van der Waals surface area contributed by atoms with Crippen LogP contribution in [0.25, 0.3) is 11.4 Å². The average Bonchev–Trinajstić information content (AvgIpc) is 2.94.